The van der Waals surface area contributed by atoms with Gasteiger partial charge in [0, 0.05) is 16.6 Å². The first kappa shape index (κ1) is 27.1. The van der Waals surface area contributed by atoms with Crippen molar-refractivity contribution in [2.45, 2.75) is 31.3 Å². The zero-order chi connectivity index (χ0) is 25.0. The predicted molar refractivity (Wildman–Crippen MR) is 125 cm³/mol. The molecule has 0 fully saturated rings. The molecular weight excluding hydrogens is 467 g/mol. The molecule has 0 saturated carbocycles. The van der Waals surface area contributed by atoms with Gasteiger partial charge in [0.25, 0.3) is 0 Å². The maximum atomic E-state index is 12.7. The second kappa shape index (κ2) is 13.6. The number of halogens is 3. The van der Waals surface area contributed by atoms with Crippen molar-refractivity contribution in [1.82, 2.24) is 0 Å². The summed E-state index contributed by atoms with van der Waals surface area (Å²) in [6.45, 7) is 10.9. The fourth-order valence-corrected chi connectivity index (χ4v) is 3.96. The lowest BCUT2D eigenvalue weighted by atomic mass is 10.1. The van der Waals surface area contributed by atoms with Crippen LogP contribution in [0.5, 0.6) is 11.5 Å². The molecule has 0 aliphatic heterocycles. The van der Waals surface area contributed by atoms with Gasteiger partial charge in [-0.3, -0.25) is 0 Å². The Morgan fingerprint density at radius 2 is 1.91 bits per heavy atom. The minimum absolute atomic E-state index is 0.0327. The number of thioether (sulfide) groups is 1. The summed E-state index contributed by atoms with van der Waals surface area (Å²) in [5, 5.41) is 0. The fourth-order valence-electron chi connectivity index (χ4n) is 2.87. The Morgan fingerprint density at radius 3 is 2.53 bits per heavy atom. The van der Waals surface area contributed by atoms with Gasteiger partial charge in [0.2, 0.25) is 0 Å². The summed E-state index contributed by atoms with van der Waals surface area (Å²) in [7, 11) is 0. The van der Waals surface area contributed by atoms with Crippen molar-refractivity contribution in [1.29, 1.82) is 0 Å². The molecule has 2 aromatic rings. The minimum Gasteiger partial charge on any atom is -0.493 e. The average Bonchev–Trinajstić information content (AvgIpc) is 2.80. The van der Waals surface area contributed by atoms with Crippen LogP contribution in [0, 0.1) is 19.4 Å². The lowest BCUT2D eigenvalue weighted by molar-refractivity contribution is -0.145. The lowest BCUT2D eigenvalue weighted by Gasteiger charge is -2.17. The molecule has 34 heavy (non-hydrogen) atoms. The molecule has 2 rings (SSSR count). The van der Waals surface area contributed by atoms with Gasteiger partial charge in [-0.05, 0) is 68.3 Å². The van der Waals surface area contributed by atoms with Gasteiger partial charge in [-0.25, -0.2) is 9.64 Å². The van der Waals surface area contributed by atoms with Gasteiger partial charge in [-0.15, -0.1) is 11.8 Å². The maximum Gasteiger partial charge on any atom is 0.416 e. The maximum absolute atomic E-state index is 12.7. The third-order valence-electron chi connectivity index (χ3n) is 4.60. The number of carbonyl (C=O) groups is 1. The molecule has 0 heterocycles. The van der Waals surface area contributed by atoms with Crippen LogP contribution in [-0.2, 0) is 15.7 Å². The van der Waals surface area contributed by atoms with Crippen molar-refractivity contribution in [3.63, 3.8) is 0 Å². The van der Waals surface area contributed by atoms with E-state index in [1.54, 1.807) is 30.8 Å². The molecular formula is C25H26F3NO4S. The monoisotopic (exact) mass is 493 g/mol. The summed E-state index contributed by atoms with van der Waals surface area (Å²) in [6.07, 6.45) is -0.656. The highest BCUT2D eigenvalue weighted by Crippen LogP contribution is 2.31. The van der Waals surface area contributed by atoms with Gasteiger partial charge in [-0.2, -0.15) is 13.2 Å². The van der Waals surface area contributed by atoms with E-state index >= 15 is 0 Å². The summed E-state index contributed by atoms with van der Waals surface area (Å²) in [4.78, 5) is 15.7. The lowest BCUT2D eigenvalue weighted by Crippen LogP contribution is -2.15. The van der Waals surface area contributed by atoms with E-state index in [-0.39, 0.29) is 12.5 Å². The quantitative estimate of drug-likeness (QED) is 0.190. The molecule has 0 spiro atoms. The highest BCUT2D eigenvalue weighted by molar-refractivity contribution is 7.99. The van der Waals surface area contributed by atoms with Crippen molar-refractivity contribution >= 4 is 17.7 Å². The van der Waals surface area contributed by atoms with Crippen molar-refractivity contribution in [2.75, 3.05) is 25.6 Å². The van der Waals surface area contributed by atoms with Gasteiger partial charge < -0.3 is 14.2 Å². The van der Waals surface area contributed by atoms with E-state index < -0.39 is 17.7 Å². The predicted octanol–water partition coefficient (Wildman–Crippen LogP) is 6.57. The summed E-state index contributed by atoms with van der Waals surface area (Å²) in [5.41, 5.74) is 0.150. The standard InChI is InChI=1S/C25H26F3NO4S/c1-4-31-24(30)16-33-23-12-11-22(14-18(23)2)34-17-19(6-5-13-29-3)15-32-21-9-7-20(8-10-21)25(26,27)28/h5,7-14,19H,4,6,15-17H2,1-2H3/b13-5-. The van der Waals surface area contributed by atoms with Gasteiger partial charge in [0.05, 0.1) is 25.3 Å². The number of allylic oxidation sites excluding steroid dienone is 1. The number of esters is 1. The van der Waals surface area contributed by atoms with Crippen LogP contribution < -0.4 is 9.47 Å². The number of rotatable bonds is 12. The van der Waals surface area contributed by atoms with E-state index in [9.17, 15) is 18.0 Å². The molecule has 0 aromatic heterocycles. The Hall–Kier alpha value is -3.12. The number of aryl methyl sites for hydroxylation is 1. The Balaban J connectivity index is 1.95. The van der Waals surface area contributed by atoms with Crippen LogP contribution >= 0.6 is 11.8 Å². The number of benzene rings is 2. The third kappa shape index (κ3) is 9.40. The van der Waals surface area contributed by atoms with Crippen LogP contribution in [0.15, 0.2) is 59.6 Å². The molecule has 9 heteroatoms. The summed E-state index contributed by atoms with van der Waals surface area (Å²) in [5.74, 6) is 1.23. The topological polar surface area (TPSA) is 49.1 Å². The van der Waals surface area contributed by atoms with Gasteiger partial charge in [0.15, 0.2) is 6.61 Å². The van der Waals surface area contributed by atoms with Crippen molar-refractivity contribution < 1.29 is 32.2 Å². The molecule has 0 amide bonds. The second-order valence-electron chi connectivity index (χ2n) is 7.28. The minimum atomic E-state index is -4.39. The first-order valence-electron chi connectivity index (χ1n) is 10.6. The van der Waals surface area contributed by atoms with Crippen LogP contribution in [0.4, 0.5) is 13.2 Å². The molecule has 0 aliphatic carbocycles. The molecule has 5 nitrogen and oxygen atoms in total. The molecule has 0 bridgehead atoms. The van der Waals surface area contributed by atoms with Crippen molar-refractivity contribution in [3.8, 4) is 11.5 Å². The Labute approximate surface area is 201 Å². The van der Waals surface area contributed by atoms with Gasteiger partial charge >= 0.3 is 12.1 Å². The van der Waals surface area contributed by atoms with Crippen LogP contribution in [-0.4, -0.2) is 31.5 Å². The number of hydrogen-bond acceptors (Lipinski definition) is 5. The molecule has 1 atom stereocenters. The Kier molecular flexibility index (Phi) is 10.8. The van der Waals surface area contributed by atoms with E-state index in [0.717, 1.165) is 22.6 Å². The summed E-state index contributed by atoms with van der Waals surface area (Å²) >= 11 is 1.60. The Bertz CT molecular complexity index is 1000. The zero-order valence-electron chi connectivity index (χ0n) is 18.9. The highest BCUT2D eigenvalue weighted by Gasteiger charge is 2.30. The molecule has 0 saturated heterocycles. The van der Waals surface area contributed by atoms with E-state index in [4.69, 9.17) is 20.8 Å². The summed E-state index contributed by atoms with van der Waals surface area (Å²) < 4.78 is 54.3. The molecule has 2 aromatic carbocycles. The van der Waals surface area contributed by atoms with Crippen LogP contribution in [0.25, 0.3) is 4.85 Å². The molecule has 182 valence electrons. The van der Waals surface area contributed by atoms with E-state index in [1.165, 1.54) is 18.3 Å². The smallest absolute Gasteiger partial charge is 0.416 e. The number of nitrogens with zero attached hydrogens (tertiary/aromatic N) is 1. The number of carbonyl (C=O) groups excluding carboxylic acids is 1. The normalized spacial score (nSPS) is 12.2. The SMILES string of the molecule is [C-]#[N+]/C=C\CC(COc1ccc(C(F)(F)F)cc1)CSc1ccc(OCC(=O)OCC)c(C)c1. The number of hydrogen-bond donors (Lipinski definition) is 0. The Morgan fingerprint density at radius 1 is 1.18 bits per heavy atom. The van der Waals surface area contributed by atoms with Gasteiger partial charge in [0.1, 0.15) is 17.7 Å². The van der Waals surface area contributed by atoms with Crippen molar-refractivity contribution in [2.24, 2.45) is 5.92 Å². The second-order valence-corrected chi connectivity index (χ2v) is 8.37. The largest absolute Gasteiger partial charge is 0.493 e. The van der Waals surface area contributed by atoms with Crippen LogP contribution in [0.1, 0.15) is 24.5 Å². The third-order valence-corrected chi connectivity index (χ3v) is 5.82. The molecule has 0 N–H and O–H groups in total. The molecule has 1 unspecified atom stereocenters. The van der Waals surface area contributed by atoms with Crippen LogP contribution in [0.2, 0.25) is 0 Å². The number of alkyl halides is 3. The fraction of sp³-hybridized carbons (Fsp3) is 0.360. The highest BCUT2D eigenvalue weighted by atomic mass is 32.2. The first-order valence-corrected chi connectivity index (χ1v) is 11.5. The first-order chi connectivity index (χ1) is 16.2. The zero-order valence-corrected chi connectivity index (χ0v) is 19.7. The van der Waals surface area contributed by atoms with E-state index in [0.29, 0.717) is 36.9 Å². The van der Waals surface area contributed by atoms with Crippen LogP contribution in [0.3, 0.4) is 0 Å². The average molecular weight is 494 g/mol. The summed E-state index contributed by atoms with van der Waals surface area (Å²) in [6, 6.07) is 10.2. The molecule has 0 radical (unpaired) electrons. The number of ether oxygens (including phenoxy) is 3. The van der Waals surface area contributed by atoms with Crippen molar-refractivity contribution in [3.05, 3.63) is 77.3 Å². The van der Waals surface area contributed by atoms with E-state index in [2.05, 4.69) is 4.85 Å². The molecule has 0 aliphatic rings. The van der Waals surface area contributed by atoms with E-state index in [1.807, 2.05) is 19.1 Å². The van der Waals surface area contributed by atoms with Gasteiger partial charge in [-0.1, -0.05) is 6.08 Å².